The van der Waals surface area contributed by atoms with Crippen molar-refractivity contribution in [2.75, 3.05) is 5.32 Å². The molecule has 0 unspecified atom stereocenters. The molecular formula is C19H14BrN3O2S. The van der Waals surface area contributed by atoms with Gasteiger partial charge in [0.05, 0.1) is 11.8 Å². The lowest BCUT2D eigenvalue weighted by Gasteiger charge is -2.10. The Morgan fingerprint density at radius 2 is 2.08 bits per heavy atom. The molecular weight excluding hydrogens is 414 g/mol. The minimum atomic E-state index is -0.264. The molecule has 0 aliphatic heterocycles. The summed E-state index contributed by atoms with van der Waals surface area (Å²) < 4.78 is 3.88. The highest BCUT2D eigenvalue weighted by Gasteiger charge is 2.13. The Morgan fingerprint density at radius 1 is 1.27 bits per heavy atom. The van der Waals surface area contributed by atoms with Crippen molar-refractivity contribution in [1.82, 2.24) is 9.55 Å². The van der Waals surface area contributed by atoms with E-state index in [0.717, 1.165) is 25.8 Å². The predicted molar refractivity (Wildman–Crippen MR) is 109 cm³/mol. The summed E-state index contributed by atoms with van der Waals surface area (Å²) in [6, 6.07) is 13.4. The summed E-state index contributed by atoms with van der Waals surface area (Å²) in [4.78, 5) is 29.5. The predicted octanol–water partition coefficient (Wildman–Crippen LogP) is 4.32. The molecule has 1 amide bonds. The van der Waals surface area contributed by atoms with Crippen LogP contribution in [-0.2, 0) is 11.3 Å². The highest BCUT2D eigenvalue weighted by molar-refractivity contribution is 9.10. The molecule has 0 atom stereocenters. The molecule has 7 heteroatoms. The quantitative estimate of drug-likeness (QED) is 0.529. The van der Waals surface area contributed by atoms with Gasteiger partial charge in [0, 0.05) is 20.2 Å². The van der Waals surface area contributed by atoms with Crippen LogP contribution in [0.3, 0.4) is 0 Å². The van der Waals surface area contributed by atoms with Crippen LogP contribution in [0, 0.1) is 6.92 Å². The Kier molecular flexibility index (Phi) is 4.34. The monoisotopic (exact) mass is 427 g/mol. The lowest BCUT2D eigenvalue weighted by Crippen LogP contribution is -2.27. The third kappa shape index (κ3) is 3.04. The van der Waals surface area contributed by atoms with Gasteiger partial charge in [0.1, 0.15) is 11.2 Å². The van der Waals surface area contributed by atoms with Crippen molar-refractivity contribution >= 4 is 59.2 Å². The first-order valence-corrected chi connectivity index (χ1v) is 9.56. The molecule has 5 nitrogen and oxygen atoms in total. The highest BCUT2D eigenvalue weighted by Crippen LogP contribution is 2.29. The molecule has 2 heterocycles. The van der Waals surface area contributed by atoms with Crippen LogP contribution < -0.4 is 10.9 Å². The third-order valence-electron chi connectivity index (χ3n) is 4.13. The fraction of sp³-hybridized carbons (Fsp3) is 0.105. The van der Waals surface area contributed by atoms with Gasteiger partial charge in [0.15, 0.2) is 0 Å². The number of carbonyl (C=O) groups is 1. The molecule has 1 N–H and O–H groups in total. The molecule has 2 aromatic carbocycles. The SMILES string of the molecule is Cc1cc(Br)ccc1NC(=O)Cn1cnc2c(sc3ccccc32)c1=O. The zero-order chi connectivity index (χ0) is 18.3. The minimum absolute atomic E-state index is 0.0779. The van der Waals surface area contributed by atoms with Crippen LogP contribution in [0.2, 0.25) is 0 Å². The normalized spacial score (nSPS) is 11.2. The van der Waals surface area contributed by atoms with Gasteiger partial charge in [0.25, 0.3) is 5.56 Å². The molecule has 0 saturated heterocycles. The maximum absolute atomic E-state index is 12.7. The molecule has 0 aliphatic rings. The first-order chi connectivity index (χ1) is 12.5. The number of hydrogen-bond acceptors (Lipinski definition) is 4. The van der Waals surface area contributed by atoms with Crippen molar-refractivity contribution in [3.63, 3.8) is 0 Å². The molecule has 0 saturated carbocycles. The Balaban J connectivity index is 1.64. The Hall–Kier alpha value is -2.51. The van der Waals surface area contributed by atoms with E-state index in [2.05, 4.69) is 26.2 Å². The van der Waals surface area contributed by atoms with Crippen LogP contribution in [0.25, 0.3) is 20.3 Å². The van der Waals surface area contributed by atoms with E-state index in [1.807, 2.05) is 49.4 Å². The van der Waals surface area contributed by atoms with Gasteiger partial charge in [0.2, 0.25) is 5.91 Å². The zero-order valence-electron chi connectivity index (χ0n) is 13.8. The number of aromatic nitrogens is 2. The smallest absolute Gasteiger partial charge is 0.271 e. The number of hydrogen-bond donors (Lipinski definition) is 1. The number of rotatable bonds is 3. The molecule has 2 aromatic heterocycles. The number of nitrogens with one attached hydrogen (secondary N) is 1. The fourth-order valence-electron chi connectivity index (χ4n) is 2.84. The van der Waals surface area contributed by atoms with Gasteiger partial charge in [-0.05, 0) is 36.8 Å². The lowest BCUT2D eigenvalue weighted by atomic mass is 10.2. The molecule has 4 rings (SSSR count). The molecule has 4 aromatic rings. The van der Waals surface area contributed by atoms with E-state index in [1.165, 1.54) is 22.2 Å². The average Bonchev–Trinajstić information content (AvgIpc) is 2.99. The minimum Gasteiger partial charge on any atom is -0.324 e. The number of carbonyl (C=O) groups excluding carboxylic acids is 1. The molecule has 26 heavy (non-hydrogen) atoms. The van der Waals surface area contributed by atoms with Crippen molar-refractivity contribution in [3.8, 4) is 0 Å². The standard InChI is InChI=1S/C19H14BrN3O2S/c1-11-8-12(20)6-7-14(11)22-16(24)9-23-10-21-17-13-4-2-3-5-15(13)26-18(17)19(23)25/h2-8,10H,9H2,1H3,(H,22,24). The summed E-state index contributed by atoms with van der Waals surface area (Å²) in [6.07, 6.45) is 1.44. The van der Waals surface area contributed by atoms with Gasteiger partial charge >= 0.3 is 0 Å². The fourth-order valence-corrected chi connectivity index (χ4v) is 4.42. The van der Waals surface area contributed by atoms with Crippen LogP contribution >= 0.6 is 27.3 Å². The largest absolute Gasteiger partial charge is 0.324 e. The molecule has 0 aliphatic carbocycles. The van der Waals surface area contributed by atoms with E-state index in [4.69, 9.17) is 0 Å². The van der Waals surface area contributed by atoms with Crippen LogP contribution in [0.4, 0.5) is 5.69 Å². The number of fused-ring (bicyclic) bond motifs is 3. The van der Waals surface area contributed by atoms with Gasteiger partial charge in [-0.15, -0.1) is 11.3 Å². The second-order valence-electron chi connectivity index (χ2n) is 5.96. The van der Waals surface area contributed by atoms with E-state index in [-0.39, 0.29) is 18.0 Å². The van der Waals surface area contributed by atoms with Crippen molar-refractivity contribution in [3.05, 3.63) is 69.2 Å². The summed E-state index contributed by atoms with van der Waals surface area (Å²) in [7, 11) is 0. The molecule has 0 fully saturated rings. The lowest BCUT2D eigenvalue weighted by molar-refractivity contribution is -0.116. The van der Waals surface area contributed by atoms with Gasteiger partial charge in [-0.2, -0.15) is 0 Å². The zero-order valence-corrected chi connectivity index (χ0v) is 16.2. The highest BCUT2D eigenvalue weighted by atomic mass is 79.9. The van der Waals surface area contributed by atoms with E-state index < -0.39 is 0 Å². The third-order valence-corrected chi connectivity index (χ3v) is 5.77. The molecule has 0 spiro atoms. The first-order valence-electron chi connectivity index (χ1n) is 7.95. The summed E-state index contributed by atoms with van der Waals surface area (Å²) in [5, 5.41) is 3.81. The van der Waals surface area contributed by atoms with Crippen LogP contribution in [0.15, 0.2) is 58.1 Å². The van der Waals surface area contributed by atoms with Crippen LogP contribution in [-0.4, -0.2) is 15.5 Å². The van der Waals surface area contributed by atoms with Crippen molar-refractivity contribution in [1.29, 1.82) is 0 Å². The Morgan fingerprint density at radius 3 is 2.88 bits per heavy atom. The summed E-state index contributed by atoms with van der Waals surface area (Å²) in [6.45, 7) is 1.84. The van der Waals surface area contributed by atoms with Gasteiger partial charge in [-0.1, -0.05) is 34.1 Å². The van der Waals surface area contributed by atoms with E-state index in [0.29, 0.717) is 10.2 Å². The van der Waals surface area contributed by atoms with Gasteiger partial charge in [-0.25, -0.2) is 4.98 Å². The van der Waals surface area contributed by atoms with Gasteiger partial charge in [-0.3, -0.25) is 14.2 Å². The number of halogens is 1. The number of aryl methyl sites for hydroxylation is 1. The maximum Gasteiger partial charge on any atom is 0.271 e. The molecule has 0 radical (unpaired) electrons. The average molecular weight is 428 g/mol. The molecule has 130 valence electrons. The van der Waals surface area contributed by atoms with Crippen molar-refractivity contribution < 1.29 is 4.79 Å². The van der Waals surface area contributed by atoms with Crippen molar-refractivity contribution in [2.24, 2.45) is 0 Å². The first kappa shape index (κ1) is 16.9. The van der Waals surface area contributed by atoms with E-state index >= 15 is 0 Å². The number of anilines is 1. The number of benzene rings is 2. The number of amides is 1. The number of thiophene rings is 1. The van der Waals surface area contributed by atoms with E-state index in [1.54, 1.807) is 0 Å². The van der Waals surface area contributed by atoms with E-state index in [9.17, 15) is 9.59 Å². The number of nitrogens with zero attached hydrogens (tertiary/aromatic N) is 2. The van der Waals surface area contributed by atoms with Crippen LogP contribution in [0.1, 0.15) is 5.56 Å². The Labute approximate surface area is 161 Å². The Bertz CT molecular complexity index is 1210. The van der Waals surface area contributed by atoms with Crippen molar-refractivity contribution in [2.45, 2.75) is 13.5 Å². The summed E-state index contributed by atoms with van der Waals surface area (Å²) in [5.41, 5.74) is 2.16. The summed E-state index contributed by atoms with van der Waals surface area (Å²) in [5.74, 6) is -0.264. The molecule has 0 bridgehead atoms. The second-order valence-corrected chi connectivity index (χ2v) is 7.93. The van der Waals surface area contributed by atoms with Crippen LogP contribution in [0.5, 0.6) is 0 Å². The van der Waals surface area contributed by atoms with Gasteiger partial charge < -0.3 is 5.32 Å². The summed E-state index contributed by atoms with van der Waals surface area (Å²) >= 11 is 4.80. The maximum atomic E-state index is 12.7. The topological polar surface area (TPSA) is 64.0 Å². The second kappa shape index (κ2) is 6.66.